The summed E-state index contributed by atoms with van der Waals surface area (Å²) in [6, 6.07) is 5.46. The number of carbonyl (C=O) groups is 3. The third-order valence-corrected chi connectivity index (χ3v) is 6.21. The van der Waals surface area contributed by atoms with E-state index in [1.165, 1.54) is 11.3 Å². The number of ether oxygens (including phenoxy) is 1. The number of nitrogens with zero attached hydrogens (tertiary/aromatic N) is 1. The van der Waals surface area contributed by atoms with E-state index in [-0.39, 0.29) is 19.0 Å². The van der Waals surface area contributed by atoms with E-state index >= 15 is 0 Å². The van der Waals surface area contributed by atoms with Gasteiger partial charge >= 0.3 is 5.97 Å². The lowest BCUT2D eigenvalue weighted by Gasteiger charge is -2.29. The smallest absolute Gasteiger partial charge is 0.331 e. The number of aryl methyl sites for hydroxylation is 2. The average molecular weight is 399 g/mol. The van der Waals surface area contributed by atoms with Gasteiger partial charge in [-0.05, 0) is 55.9 Å². The number of amides is 2. The molecule has 2 heterocycles. The van der Waals surface area contributed by atoms with E-state index in [4.69, 9.17) is 10.5 Å². The summed E-state index contributed by atoms with van der Waals surface area (Å²) in [6.07, 6.45) is 3.81. The summed E-state index contributed by atoms with van der Waals surface area (Å²) in [6.45, 7) is 1.91. The lowest BCUT2D eigenvalue weighted by Crippen LogP contribution is -2.41. The summed E-state index contributed by atoms with van der Waals surface area (Å²) in [5.41, 5.74) is 8.70. The van der Waals surface area contributed by atoms with E-state index in [1.807, 2.05) is 19.1 Å². The molecule has 0 unspecified atom stereocenters. The van der Waals surface area contributed by atoms with E-state index in [2.05, 4.69) is 5.32 Å². The van der Waals surface area contributed by atoms with Crippen LogP contribution in [0.4, 0.5) is 10.7 Å². The number of fused-ring (bicyclic) bond motifs is 2. The number of anilines is 2. The molecule has 2 aliphatic rings. The molecule has 8 heteroatoms. The van der Waals surface area contributed by atoms with Crippen molar-refractivity contribution in [1.82, 2.24) is 0 Å². The van der Waals surface area contributed by atoms with Crippen LogP contribution >= 0.6 is 11.3 Å². The molecule has 0 spiro atoms. The lowest BCUT2D eigenvalue weighted by atomic mass is 9.95. The second-order valence-electron chi connectivity index (χ2n) is 7.13. The zero-order chi connectivity index (χ0) is 19.8. The topological polar surface area (TPSA) is 102 Å². The van der Waals surface area contributed by atoms with Crippen LogP contribution in [0.15, 0.2) is 18.2 Å². The monoisotopic (exact) mass is 399 g/mol. The van der Waals surface area contributed by atoms with Crippen molar-refractivity contribution in [3.8, 4) is 5.75 Å². The van der Waals surface area contributed by atoms with Gasteiger partial charge in [0.15, 0.2) is 5.75 Å². The molecule has 146 valence electrons. The summed E-state index contributed by atoms with van der Waals surface area (Å²) in [7, 11) is 0. The maximum absolute atomic E-state index is 12.7. The number of carbonyl (C=O) groups excluding carboxylic acids is 3. The van der Waals surface area contributed by atoms with E-state index in [0.29, 0.717) is 22.0 Å². The highest BCUT2D eigenvalue weighted by molar-refractivity contribution is 7.17. The second kappa shape index (κ2) is 7.27. The second-order valence-corrected chi connectivity index (χ2v) is 8.23. The van der Waals surface area contributed by atoms with Crippen LogP contribution in [0.5, 0.6) is 5.75 Å². The number of nitrogens with one attached hydrogen (secondary N) is 1. The highest BCUT2D eigenvalue weighted by Crippen LogP contribution is 2.38. The first-order valence-electron chi connectivity index (χ1n) is 9.23. The van der Waals surface area contributed by atoms with Crippen molar-refractivity contribution in [1.29, 1.82) is 0 Å². The van der Waals surface area contributed by atoms with Crippen molar-refractivity contribution < 1.29 is 19.1 Å². The van der Waals surface area contributed by atoms with E-state index < -0.39 is 11.9 Å². The summed E-state index contributed by atoms with van der Waals surface area (Å²) >= 11 is 1.43. The molecule has 2 amide bonds. The molecule has 1 aromatic carbocycles. The van der Waals surface area contributed by atoms with Crippen LogP contribution in [0.3, 0.4) is 0 Å². The Kier molecular flexibility index (Phi) is 4.80. The Morgan fingerprint density at radius 2 is 2.07 bits per heavy atom. The molecule has 0 bridgehead atoms. The molecule has 0 saturated carbocycles. The van der Waals surface area contributed by atoms with Crippen LogP contribution in [0.25, 0.3) is 0 Å². The predicted molar refractivity (Wildman–Crippen MR) is 107 cm³/mol. The van der Waals surface area contributed by atoms with Gasteiger partial charge in [-0.25, -0.2) is 4.79 Å². The Morgan fingerprint density at radius 3 is 2.86 bits per heavy atom. The zero-order valence-electron chi connectivity index (χ0n) is 15.5. The summed E-state index contributed by atoms with van der Waals surface area (Å²) in [5.74, 6) is -0.784. The molecule has 1 aliphatic carbocycles. The molecule has 1 aliphatic heterocycles. The Balaban J connectivity index is 1.56. The van der Waals surface area contributed by atoms with E-state index in [9.17, 15) is 14.4 Å². The van der Waals surface area contributed by atoms with Crippen molar-refractivity contribution >= 4 is 39.8 Å². The summed E-state index contributed by atoms with van der Waals surface area (Å²) in [5, 5.41) is 3.35. The third kappa shape index (κ3) is 3.47. The Bertz CT molecular complexity index is 982. The maximum atomic E-state index is 12.7. The van der Waals surface area contributed by atoms with Crippen molar-refractivity contribution in [3.63, 3.8) is 0 Å². The highest BCUT2D eigenvalue weighted by atomic mass is 32.1. The highest BCUT2D eigenvalue weighted by Gasteiger charge is 2.28. The molecular weight excluding hydrogens is 378 g/mol. The third-order valence-electron chi connectivity index (χ3n) is 5.00. The normalized spacial score (nSPS) is 15.5. The van der Waals surface area contributed by atoms with Crippen LogP contribution in [0, 0.1) is 6.92 Å². The number of thiophene rings is 1. The number of rotatable bonds is 4. The molecule has 4 rings (SSSR count). The zero-order valence-corrected chi connectivity index (χ0v) is 16.4. The first-order chi connectivity index (χ1) is 13.4. The van der Waals surface area contributed by atoms with Gasteiger partial charge in [-0.1, -0.05) is 6.07 Å². The standard InChI is InChI=1S/C20H21N3O4S/c1-11-6-7-14-13(8-11)23(10-17(25)27-14)9-16(24)22-20-18(19(21)26)12-4-2-3-5-15(12)28-20/h6-8H,2-5,9-10H2,1H3,(H2,21,26)(H,22,24). The lowest BCUT2D eigenvalue weighted by molar-refractivity contribution is -0.133. The van der Waals surface area contributed by atoms with Crippen molar-refractivity contribution in [2.45, 2.75) is 32.6 Å². The minimum atomic E-state index is -0.516. The van der Waals surface area contributed by atoms with Crippen LogP contribution < -0.4 is 20.7 Å². The molecule has 7 nitrogen and oxygen atoms in total. The quantitative estimate of drug-likeness (QED) is 0.607. The van der Waals surface area contributed by atoms with Crippen molar-refractivity contribution in [2.24, 2.45) is 5.73 Å². The first kappa shape index (κ1) is 18.5. The minimum Gasteiger partial charge on any atom is -0.423 e. The molecule has 0 fully saturated rings. The molecule has 0 saturated heterocycles. The van der Waals surface area contributed by atoms with Gasteiger partial charge in [0.05, 0.1) is 17.8 Å². The van der Waals surface area contributed by atoms with Gasteiger partial charge in [0, 0.05) is 4.88 Å². The van der Waals surface area contributed by atoms with E-state index in [0.717, 1.165) is 41.7 Å². The van der Waals surface area contributed by atoms with Crippen LogP contribution in [0.2, 0.25) is 0 Å². The van der Waals surface area contributed by atoms with Crippen molar-refractivity contribution in [2.75, 3.05) is 23.3 Å². The Labute approximate surface area is 166 Å². The predicted octanol–water partition coefficient (Wildman–Crippen LogP) is 2.40. The molecule has 2 aromatic rings. The van der Waals surface area contributed by atoms with Gasteiger partial charge in [0.25, 0.3) is 5.91 Å². The SMILES string of the molecule is Cc1ccc2c(c1)N(CC(=O)Nc1sc3c(c1C(N)=O)CCCC3)CC(=O)O2. The number of benzene rings is 1. The fraction of sp³-hybridized carbons (Fsp3) is 0.350. The van der Waals surface area contributed by atoms with Gasteiger partial charge in [0.2, 0.25) is 5.91 Å². The minimum absolute atomic E-state index is 0.00646. The maximum Gasteiger partial charge on any atom is 0.331 e. The largest absolute Gasteiger partial charge is 0.423 e. The average Bonchev–Trinajstić information content (AvgIpc) is 3.00. The fourth-order valence-electron chi connectivity index (χ4n) is 3.75. The summed E-state index contributed by atoms with van der Waals surface area (Å²) < 4.78 is 5.25. The molecule has 1 aromatic heterocycles. The molecule has 0 radical (unpaired) electrons. The molecule has 0 atom stereocenters. The molecular formula is C20H21N3O4S. The van der Waals surface area contributed by atoms with Crippen LogP contribution in [-0.2, 0) is 22.4 Å². The number of nitrogens with two attached hydrogens (primary N) is 1. The fourth-order valence-corrected chi connectivity index (χ4v) is 5.06. The number of hydrogen-bond donors (Lipinski definition) is 2. The van der Waals surface area contributed by atoms with E-state index in [1.54, 1.807) is 11.0 Å². The Hall–Kier alpha value is -2.87. The summed E-state index contributed by atoms with van der Waals surface area (Å²) in [4.78, 5) is 39.4. The molecule has 3 N–H and O–H groups in total. The number of primary amides is 1. The first-order valence-corrected chi connectivity index (χ1v) is 10.0. The van der Waals surface area contributed by atoms with Gasteiger partial charge in [0.1, 0.15) is 11.5 Å². The van der Waals surface area contributed by atoms with Crippen molar-refractivity contribution in [3.05, 3.63) is 39.8 Å². The van der Waals surface area contributed by atoms with Gasteiger partial charge < -0.3 is 20.7 Å². The van der Waals surface area contributed by atoms with Gasteiger partial charge in [-0.2, -0.15) is 0 Å². The van der Waals surface area contributed by atoms with Gasteiger partial charge in [-0.15, -0.1) is 11.3 Å². The van der Waals surface area contributed by atoms with Crippen LogP contribution in [0.1, 0.15) is 39.2 Å². The number of esters is 1. The Morgan fingerprint density at radius 1 is 1.29 bits per heavy atom. The van der Waals surface area contributed by atoms with Gasteiger partial charge in [-0.3, -0.25) is 9.59 Å². The molecule has 28 heavy (non-hydrogen) atoms. The van der Waals surface area contributed by atoms with Crippen LogP contribution in [-0.4, -0.2) is 30.9 Å². The number of hydrogen-bond acceptors (Lipinski definition) is 6.